The van der Waals surface area contributed by atoms with Gasteiger partial charge in [0.2, 0.25) is 0 Å². The van der Waals surface area contributed by atoms with Crippen molar-refractivity contribution in [2.75, 3.05) is 19.7 Å². The number of nitriles is 1. The zero-order valence-electron chi connectivity index (χ0n) is 13.3. The van der Waals surface area contributed by atoms with Gasteiger partial charge in [0.25, 0.3) is 0 Å². The van der Waals surface area contributed by atoms with Gasteiger partial charge in [-0.15, -0.1) is 0 Å². The molecule has 1 aromatic rings. The maximum Gasteiger partial charge on any atom is 0.306 e. The first kappa shape index (κ1) is 16.5. The summed E-state index contributed by atoms with van der Waals surface area (Å²) in [4.78, 5) is 14.2. The van der Waals surface area contributed by atoms with Crippen LogP contribution < -0.4 is 0 Å². The molecule has 0 amide bonds. The second kappa shape index (κ2) is 7.95. The van der Waals surface area contributed by atoms with E-state index in [9.17, 15) is 4.79 Å². The van der Waals surface area contributed by atoms with Crippen LogP contribution in [-0.4, -0.2) is 30.6 Å². The Labute approximate surface area is 132 Å². The number of hydrogen-bond donors (Lipinski definition) is 0. The van der Waals surface area contributed by atoms with Crippen LogP contribution in [0.1, 0.15) is 38.2 Å². The highest BCUT2D eigenvalue weighted by Gasteiger charge is 2.36. The van der Waals surface area contributed by atoms with Crippen LogP contribution in [0.4, 0.5) is 0 Å². The first-order chi connectivity index (χ1) is 10.7. The molecule has 1 aromatic carbocycles. The number of rotatable bonds is 6. The lowest BCUT2D eigenvalue weighted by atomic mass is 9.73. The summed E-state index contributed by atoms with van der Waals surface area (Å²) in [6.45, 7) is 5.01. The predicted molar refractivity (Wildman–Crippen MR) is 84.9 cm³/mol. The van der Waals surface area contributed by atoms with Gasteiger partial charge in [0.15, 0.2) is 0 Å². The Kier molecular flexibility index (Phi) is 5.97. The molecule has 4 heteroatoms. The van der Waals surface area contributed by atoms with Crippen molar-refractivity contribution < 1.29 is 9.53 Å². The second-order valence-electron chi connectivity index (χ2n) is 6.08. The van der Waals surface area contributed by atoms with Crippen molar-refractivity contribution in [2.45, 2.75) is 39.2 Å². The number of carbonyl (C=O) groups excluding carboxylic acids is 1. The molecule has 2 rings (SSSR count). The summed E-state index contributed by atoms with van der Waals surface area (Å²) in [6, 6.07) is 12.7. The molecule has 1 saturated heterocycles. The average Bonchev–Trinajstić information content (AvgIpc) is 2.51. The maximum atomic E-state index is 11.8. The van der Waals surface area contributed by atoms with Gasteiger partial charge in [-0.3, -0.25) is 9.69 Å². The molecule has 4 nitrogen and oxygen atoms in total. The van der Waals surface area contributed by atoms with Crippen LogP contribution in [0.15, 0.2) is 30.3 Å². The van der Waals surface area contributed by atoms with E-state index in [0.29, 0.717) is 19.4 Å². The highest BCUT2D eigenvalue weighted by molar-refractivity contribution is 5.70. The summed E-state index contributed by atoms with van der Waals surface area (Å²) in [5.41, 5.74) is 1.11. The van der Waals surface area contributed by atoms with E-state index in [1.165, 1.54) is 5.56 Å². The van der Waals surface area contributed by atoms with Crippen molar-refractivity contribution in [3.63, 3.8) is 0 Å². The lowest BCUT2D eigenvalue weighted by Gasteiger charge is -2.40. The van der Waals surface area contributed by atoms with Crippen molar-refractivity contribution in [2.24, 2.45) is 5.41 Å². The van der Waals surface area contributed by atoms with Crippen LogP contribution in [0.3, 0.4) is 0 Å². The smallest absolute Gasteiger partial charge is 0.306 e. The third kappa shape index (κ3) is 4.57. The minimum Gasteiger partial charge on any atom is -0.466 e. The number of carbonyl (C=O) groups is 1. The van der Waals surface area contributed by atoms with E-state index in [2.05, 4.69) is 35.2 Å². The Morgan fingerprint density at radius 2 is 2.00 bits per heavy atom. The van der Waals surface area contributed by atoms with E-state index in [-0.39, 0.29) is 11.4 Å². The maximum absolute atomic E-state index is 11.8. The molecule has 118 valence electrons. The number of benzene rings is 1. The molecule has 0 saturated carbocycles. The Morgan fingerprint density at radius 1 is 1.32 bits per heavy atom. The van der Waals surface area contributed by atoms with Crippen LogP contribution in [-0.2, 0) is 16.1 Å². The van der Waals surface area contributed by atoms with Crippen LogP contribution in [0.2, 0.25) is 0 Å². The van der Waals surface area contributed by atoms with Crippen LogP contribution in [0, 0.1) is 16.7 Å². The van der Waals surface area contributed by atoms with E-state index in [1.807, 2.05) is 13.0 Å². The Hall–Kier alpha value is -1.86. The van der Waals surface area contributed by atoms with Gasteiger partial charge in [0.1, 0.15) is 0 Å². The Morgan fingerprint density at radius 3 is 2.59 bits per heavy atom. The molecule has 0 spiro atoms. The fourth-order valence-corrected chi connectivity index (χ4v) is 3.13. The highest BCUT2D eigenvalue weighted by atomic mass is 16.5. The molecule has 0 atom stereocenters. The molecule has 0 radical (unpaired) electrons. The fourth-order valence-electron chi connectivity index (χ4n) is 3.13. The van der Waals surface area contributed by atoms with Gasteiger partial charge in [-0.2, -0.15) is 5.26 Å². The molecule has 0 aliphatic carbocycles. The van der Waals surface area contributed by atoms with Crippen molar-refractivity contribution in [1.82, 2.24) is 4.90 Å². The summed E-state index contributed by atoms with van der Waals surface area (Å²) < 4.78 is 5.08. The van der Waals surface area contributed by atoms with Crippen molar-refractivity contribution in [1.29, 1.82) is 5.26 Å². The number of hydrogen-bond acceptors (Lipinski definition) is 4. The van der Waals surface area contributed by atoms with Gasteiger partial charge in [-0.05, 0) is 43.8 Å². The fraction of sp³-hybridized carbons (Fsp3) is 0.556. The van der Waals surface area contributed by atoms with Crippen LogP contribution >= 0.6 is 0 Å². The summed E-state index contributed by atoms with van der Waals surface area (Å²) in [5.74, 6) is -0.172. The van der Waals surface area contributed by atoms with Gasteiger partial charge in [0, 0.05) is 13.0 Å². The normalized spacial score (nSPS) is 17.6. The van der Waals surface area contributed by atoms with E-state index in [1.54, 1.807) is 0 Å². The number of esters is 1. The molecular weight excluding hydrogens is 276 g/mol. The number of nitrogens with zero attached hydrogens (tertiary/aromatic N) is 2. The van der Waals surface area contributed by atoms with Gasteiger partial charge >= 0.3 is 5.97 Å². The van der Waals surface area contributed by atoms with E-state index in [4.69, 9.17) is 10.00 Å². The molecule has 1 heterocycles. The number of likely N-dealkylation sites (tertiary alicyclic amines) is 1. The summed E-state index contributed by atoms with van der Waals surface area (Å²) in [5, 5.41) is 9.11. The third-order valence-electron chi connectivity index (χ3n) is 4.44. The first-order valence-electron chi connectivity index (χ1n) is 7.96. The minimum atomic E-state index is -0.200. The SMILES string of the molecule is CCOC(=O)CC1(CC#N)CCN(Cc2ccccc2)CC1. The second-order valence-corrected chi connectivity index (χ2v) is 6.08. The lowest BCUT2D eigenvalue weighted by Crippen LogP contribution is -2.41. The van der Waals surface area contributed by atoms with Crippen LogP contribution in [0.25, 0.3) is 0 Å². The molecule has 22 heavy (non-hydrogen) atoms. The summed E-state index contributed by atoms with van der Waals surface area (Å²) in [7, 11) is 0. The number of piperidine rings is 1. The molecule has 0 bridgehead atoms. The molecule has 1 fully saturated rings. The molecule has 1 aliphatic heterocycles. The summed E-state index contributed by atoms with van der Waals surface area (Å²) >= 11 is 0. The quantitative estimate of drug-likeness (QED) is 0.757. The van der Waals surface area contributed by atoms with E-state index in [0.717, 1.165) is 32.5 Å². The van der Waals surface area contributed by atoms with Crippen molar-refractivity contribution in [3.05, 3.63) is 35.9 Å². The highest BCUT2D eigenvalue weighted by Crippen LogP contribution is 2.38. The standard InChI is InChI=1S/C18H24N2O2/c1-2-22-17(21)14-18(8-11-19)9-12-20(13-10-18)15-16-6-4-3-5-7-16/h3-7H,2,8-10,12-15H2,1H3. The largest absolute Gasteiger partial charge is 0.466 e. The third-order valence-corrected chi connectivity index (χ3v) is 4.44. The van der Waals surface area contributed by atoms with Crippen LogP contribution in [0.5, 0.6) is 0 Å². The van der Waals surface area contributed by atoms with E-state index >= 15 is 0 Å². The van der Waals surface area contributed by atoms with Gasteiger partial charge < -0.3 is 4.74 Å². The van der Waals surface area contributed by atoms with Gasteiger partial charge in [0.05, 0.1) is 19.1 Å². The van der Waals surface area contributed by atoms with Gasteiger partial charge in [-0.1, -0.05) is 30.3 Å². The first-order valence-corrected chi connectivity index (χ1v) is 7.96. The molecular formula is C18H24N2O2. The lowest BCUT2D eigenvalue weighted by molar-refractivity contribution is -0.146. The number of ether oxygens (including phenoxy) is 1. The average molecular weight is 300 g/mol. The zero-order valence-corrected chi connectivity index (χ0v) is 13.3. The zero-order chi connectivity index (χ0) is 15.8. The topological polar surface area (TPSA) is 53.3 Å². The molecule has 0 aromatic heterocycles. The van der Waals surface area contributed by atoms with E-state index < -0.39 is 0 Å². The molecule has 1 aliphatic rings. The minimum absolute atomic E-state index is 0.172. The molecule has 0 N–H and O–H groups in total. The van der Waals surface area contributed by atoms with Crippen molar-refractivity contribution in [3.8, 4) is 6.07 Å². The Balaban J connectivity index is 1.92. The molecule has 0 unspecified atom stereocenters. The summed E-state index contributed by atoms with van der Waals surface area (Å²) in [6.07, 6.45) is 2.57. The monoisotopic (exact) mass is 300 g/mol. The van der Waals surface area contributed by atoms with Gasteiger partial charge in [-0.25, -0.2) is 0 Å². The van der Waals surface area contributed by atoms with Crippen molar-refractivity contribution >= 4 is 5.97 Å². The Bertz CT molecular complexity index is 514. The predicted octanol–water partition coefficient (Wildman–Crippen LogP) is 3.14.